The summed E-state index contributed by atoms with van der Waals surface area (Å²) in [6, 6.07) is 14.3. The lowest BCUT2D eigenvalue weighted by Crippen LogP contribution is -2.48. The van der Waals surface area contributed by atoms with E-state index in [0.29, 0.717) is 49.9 Å². The SMILES string of the molecule is O=C(c1cc2ccccc2[nH]1)N1CCN(Cc2nc(-c3ccc(C(F)(F)F)cc3)no2)CC1. The van der Waals surface area contributed by atoms with Gasteiger partial charge in [0.15, 0.2) is 0 Å². The van der Waals surface area contributed by atoms with Crippen LogP contribution in [-0.4, -0.2) is 57.0 Å². The number of rotatable bonds is 4. The topological polar surface area (TPSA) is 78.3 Å². The van der Waals surface area contributed by atoms with Gasteiger partial charge in [0.25, 0.3) is 5.91 Å². The predicted octanol–water partition coefficient (Wildman–Crippen LogP) is 4.19. The van der Waals surface area contributed by atoms with Gasteiger partial charge in [-0.25, -0.2) is 0 Å². The summed E-state index contributed by atoms with van der Waals surface area (Å²) in [6.07, 6.45) is -4.39. The molecule has 10 heteroatoms. The summed E-state index contributed by atoms with van der Waals surface area (Å²) in [4.78, 5) is 24.2. The van der Waals surface area contributed by atoms with Crippen LogP contribution >= 0.6 is 0 Å². The molecule has 33 heavy (non-hydrogen) atoms. The van der Waals surface area contributed by atoms with E-state index in [1.165, 1.54) is 12.1 Å². The zero-order valence-electron chi connectivity index (χ0n) is 17.5. The maximum Gasteiger partial charge on any atom is 0.416 e. The summed E-state index contributed by atoms with van der Waals surface area (Å²) in [7, 11) is 0. The van der Waals surface area contributed by atoms with Gasteiger partial charge in [0.05, 0.1) is 12.1 Å². The number of fused-ring (bicyclic) bond motifs is 1. The Morgan fingerprint density at radius 1 is 1.03 bits per heavy atom. The molecule has 2 aromatic carbocycles. The smallest absolute Gasteiger partial charge is 0.351 e. The quantitative estimate of drug-likeness (QED) is 0.499. The predicted molar refractivity (Wildman–Crippen MR) is 114 cm³/mol. The Labute approximate surface area is 186 Å². The van der Waals surface area contributed by atoms with Crippen molar-refractivity contribution in [3.63, 3.8) is 0 Å². The van der Waals surface area contributed by atoms with Gasteiger partial charge in [-0.15, -0.1) is 0 Å². The lowest BCUT2D eigenvalue weighted by molar-refractivity contribution is -0.137. The number of carbonyl (C=O) groups excluding carboxylic acids is 1. The Morgan fingerprint density at radius 2 is 1.76 bits per heavy atom. The van der Waals surface area contributed by atoms with Crippen LogP contribution in [0.1, 0.15) is 21.9 Å². The molecule has 1 aliphatic heterocycles. The molecule has 0 spiro atoms. The van der Waals surface area contributed by atoms with Crippen molar-refractivity contribution in [1.82, 2.24) is 24.9 Å². The second-order valence-corrected chi connectivity index (χ2v) is 7.93. The Kier molecular flexibility index (Phi) is 5.37. The van der Waals surface area contributed by atoms with E-state index >= 15 is 0 Å². The zero-order chi connectivity index (χ0) is 23.0. The van der Waals surface area contributed by atoms with Gasteiger partial charge in [-0.05, 0) is 24.3 Å². The number of nitrogens with zero attached hydrogens (tertiary/aromatic N) is 4. The summed E-state index contributed by atoms with van der Waals surface area (Å²) < 4.78 is 43.5. The molecule has 1 saturated heterocycles. The van der Waals surface area contributed by atoms with Crippen molar-refractivity contribution in [3.8, 4) is 11.4 Å². The number of nitrogens with one attached hydrogen (secondary N) is 1. The van der Waals surface area contributed by atoms with Gasteiger partial charge in [-0.2, -0.15) is 18.2 Å². The van der Waals surface area contributed by atoms with Crippen LogP contribution in [0, 0.1) is 0 Å². The fourth-order valence-corrected chi connectivity index (χ4v) is 3.90. The van der Waals surface area contributed by atoms with Gasteiger partial charge < -0.3 is 14.4 Å². The average molecular weight is 455 g/mol. The number of aromatic nitrogens is 3. The molecule has 1 amide bonds. The van der Waals surface area contributed by atoms with Crippen LogP contribution in [0.2, 0.25) is 0 Å². The van der Waals surface area contributed by atoms with Gasteiger partial charge >= 0.3 is 6.18 Å². The Balaban J connectivity index is 1.18. The maximum atomic E-state index is 12.8. The number of alkyl halides is 3. The first-order valence-corrected chi connectivity index (χ1v) is 10.5. The molecule has 1 N–H and O–H groups in total. The largest absolute Gasteiger partial charge is 0.416 e. The minimum Gasteiger partial charge on any atom is -0.351 e. The molecule has 0 unspecified atom stereocenters. The molecule has 170 valence electrons. The molecule has 1 aliphatic rings. The van der Waals surface area contributed by atoms with Crippen molar-refractivity contribution >= 4 is 16.8 Å². The van der Waals surface area contributed by atoms with E-state index in [4.69, 9.17) is 4.52 Å². The number of para-hydroxylation sites is 1. The summed E-state index contributed by atoms with van der Waals surface area (Å²) in [6.45, 7) is 2.82. The number of piperazine rings is 1. The number of benzene rings is 2. The zero-order valence-corrected chi connectivity index (χ0v) is 17.5. The highest BCUT2D eigenvalue weighted by molar-refractivity contribution is 5.98. The van der Waals surface area contributed by atoms with Crippen molar-refractivity contribution in [2.75, 3.05) is 26.2 Å². The van der Waals surface area contributed by atoms with E-state index in [0.717, 1.165) is 23.0 Å². The molecule has 2 aromatic heterocycles. The third kappa shape index (κ3) is 4.47. The molecule has 3 heterocycles. The molecular formula is C23H20F3N5O2. The van der Waals surface area contributed by atoms with Gasteiger partial charge in [-0.3, -0.25) is 9.69 Å². The van der Waals surface area contributed by atoms with Crippen LogP contribution in [-0.2, 0) is 12.7 Å². The van der Waals surface area contributed by atoms with Crippen molar-refractivity contribution in [2.45, 2.75) is 12.7 Å². The second kappa shape index (κ2) is 8.36. The lowest BCUT2D eigenvalue weighted by Gasteiger charge is -2.33. The van der Waals surface area contributed by atoms with Crippen LogP contribution < -0.4 is 0 Å². The van der Waals surface area contributed by atoms with Gasteiger partial charge in [0, 0.05) is 42.6 Å². The van der Waals surface area contributed by atoms with Crippen LogP contribution in [0.25, 0.3) is 22.3 Å². The number of aromatic amines is 1. The van der Waals surface area contributed by atoms with E-state index < -0.39 is 11.7 Å². The van der Waals surface area contributed by atoms with Crippen molar-refractivity contribution in [3.05, 3.63) is 71.7 Å². The molecule has 7 nitrogen and oxygen atoms in total. The average Bonchev–Trinajstić information content (AvgIpc) is 3.46. The maximum absolute atomic E-state index is 12.8. The molecule has 5 rings (SSSR count). The molecule has 4 aromatic rings. The standard InChI is InChI=1S/C23H20F3N5O2/c24-23(25,26)17-7-5-15(6-8-17)21-28-20(33-29-21)14-30-9-11-31(12-10-30)22(32)19-13-16-3-1-2-4-18(16)27-19/h1-8,13,27H,9-12,14H2. The normalized spacial score (nSPS) is 15.3. The number of hydrogen-bond donors (Lipinski definition) is 1. The van der Waals surface area contributed by atoms with E-state index in [2.05, 4.69) is 20.0 Å². The summed E-state index contributed by atoms with van der Waals surface area (Å²) >= 11 is 0. The molecule has 0 radical (unpaired) electrons. The molecule has 0 aliphatic carbocycles. The first-order chi connectivity index (χ1) is 15.9. The Bertz CT molecular complexity index is 1240. The lowest BCUT2D eigenvalue weighted by atomic mass is 10.1. The van der Waals surface area contributed by atoms with E-state index in [9.17, 15) is 18.0 Å². The van der Waals surface area contributed by atoms with Crippen LogP contribution in [0.3, 0.4) is 0 Å². The van der Waals surface area contributed by atoms with Crippen LogP contribution in [0.5, 0.6) is 0 Å². The number of amides is 1. The minimum absolute atomic E-state index is 0.0340. The molecule has 0 saturated carbocycles. The highest BCUT2D eigenvalue weighted by atomic mass is 19.4. The van der Waals surface area contributed by atoms with E-state index in [-0.39, 0.29) is 11.7 Å². The third-order valence-electron chi connectivity index (χ3n) is 5.72. The third-order valence-corrected chi connectivity index (χ3v) is 5.72. The summed E-state index contributed by atoms with van der Waals surface area (Å²) in [5.41, 5.74) is 1.23. The van der Waals surface area contributed by atoms with Gasteiger partial charge in [0.1, 0.15) is 5.69 Å². The fraction of sp³-hybridized carbons (Fsp3) is 0.261. The van der Waals surface area contributed by atoms with Gasteiger partial charge in [-0.1, -0.05) is 35.5 Å². The van der Waals surface area contributed by atoms with Crippen LogP contribution in [0.15, 0.2) is 59.1 Å². The number of halogens is 3. The van der Waals surface area contributed by atoms with Crippen molar-refractivity contribution in [1.29, 1.82) is 0 Å². The molecule has 0 bridgehead atoms. The van der Waals surface area contributed by atoms with E-state index in [1.54, 1.807) is 0 Å². The molecular weight excluding hydrogens is 435 g/mol. The fourth-order valence-electron chi connectivity index (χ4n) is 3.90. The minimum atomic E-state index is -4.39. The summed E-state index contributed by atoms with van der Waals surface area (Å²) in [5.74, 6) is 0.583. The first kappa shape index (κ1) is 21.2. The summed E-state index contributed by atoms with van der Waals surface area (Å²) in [5, 5.41) is 4.88. The number of hydrogen-bond acceptors (Lipinski definition) is 5. The monoisotopic (exact) mass is 455 g/mol. The Morgan fingerprint density at radius 3 is 2.45 bits per heavy atom. The van der Waals surface area contributed by atoms with Gasteiger partial charge in [0.2, 0.25) is 11.7 Å². The number of carbonyl (C=O) groups is 1. The number of H-pyrrole nitrogens is 1. The highest BCUT2D eigenvalue weighted by Gasteiger charge is 2.30. The highest BCUT2D eigenvalue weighted by Crippen LogP contribution is 2.30. The first-order valence-electron chi connectivity index (χ1n) is 10.5. The molecule has 0 atom stereocenters. The molecule has 1 fully saturated rings. The van der Waals surface area contributed by atoms with Crippen LogP contribution in [0.4, 0.5) is 13.2 Å². The Hall–Kier alpha value is -3.66. The van der Waals surface area contributed by atoms with Crippen molar-refractivity contribution in [2.24, 2.45) is 0 Å². The van der Waals surface area contributed by atoms with E-state index in [1.807, 2.05) is 35.2 Å². The second-order valence-electron chi connectivity index (χ2n) is 7.93. The van der Waals surface area contributed by atoms with Crippen molar-refractivity contribution < 1.29 is 22.5 Å².